The van der Waals surface area contributed by atoms with Gasteiger partial charge >= 0.3 is 5.97 Å². The van der Waals surface area contributed by atoms with Gasteiger partial charge in [0.15, 0.2) is 10.9 Å². The predicted molar refractivity (Wildman–Crippen MR) is 128 cm³/mol. The summed E-state index contributed by atoms with van der Waals surface area (Å²) < 4.78 is 1.37. The van der Waals surface area contributed by atoms with Crippen LogP contribution in [0.1, 0.15) is 49.0 Å². The van der Waals surface area contributed by atoms with E-state index in [1.54, 1.807) is 12.3 Å². The molecule has 11 heteroatoms. The van der Waals surface area contributed by atoms with Gasteiger partial charge in [-0.3, -0.25) is 9.59 Å². The molecule has 1 atom stereocenters. The molecule has 4 N–H and O–H groups in total. The van der Waals surface area contributed by atoms with Gasteiger partial charge in [0.25, 0.3) is 11.5 Å². The van der Waals surface area contributed by atoms with Crippen LogP contribution in [0.4, 0.5) is 0 Å². The molecule has 0 radical (unpaired) electrons. The molecule has 0 aliphatic carbocycles. The average Bonchev–Trinajstić information content (AvgIpc) is 2.77. The number of carbonyl (C=O) groups excluding carboxylic acids is 1. The van der Waals surface area contributed by atoms with E-state index in [1.165, 1.54) is 17.1 Å². The van der Waals surface area contributed by atoms with Gasteiger partial charge in [-0.1, -0.05) is 62.6 Å². The highest BCUT2D eigenvalue weighted by molar-refractivity contribution is 5.96. The summed E-state index contributed by atoms with van der Waals surface area (Å²) in [6.07, 6.45) is 3.13. The van der Waals surface area contributed by atoms with Crippen molar-refractivity contribution >= 4 is 11.9 Å². The van der Waals surface area contributed by atoms with E-state index in [0.29, 0.717) is 0 Å². The standard InChI is InChI=1S/C20H23N5O6.C3H8/c1-14(23-25(30)31)21-11-5-10-17(20(28)29)22-18(26)16-9-6-12-24(19(16)27)13-15-7-3-2-4-8-15;1-3-2/h2-4,6-9,12,17,21,23H,1,5,10-11,13H2,(H,22,26)(H,28,29);3H2,1-2H3. The molecular weight excluding hydrogens is 442 g/mol. The van der Waals surface area contributed by atoms with Crippen LogP contribution in [0.15, 0.2) is 65.9 Å². The van der Waals surface area contributed by atoms with Crippen molar-refractivity contribution in [3.05, 3.63) is 92.7 Å². The maximum atomic E-state index is 12.7. The Bertz CT molecular complexity index is 1020. The number of hydrogen-bond acceptors (Lipinski definition) is 6. The predicted octanol–water partition coefficient (Wildman–Crippen LogP) is 2.12. The summed E-state index contributed by atoms with van der Waals surface area (Å²) in [4.78, 5) is 47.0. The van der Waals surface area contributed by atoms with Crippen molar-refractivity contribution in [1.82, 2.24) is 20.6 Å². The summed E-state index contributed by atoms with van der Waals surface area (Å²) in [6, 6.07) is 10.9. The Hall–Kier alpha value is -4.15. The minimum absolute atomic E-state index is 0.0378. The Morgan fingerprint density at radius 1 is 1.18 bits per heavy atom. The first kappa shape index (κ1) is 27.9. The van der Waals surface area contributed by atoms with Crippen molar-refractivity contribution in [3.8, 4) is 0 Å². The molecular formula is C23H31N5O6. The molecule has 0 bridgehead atoms. The number of aromatic nitrogens is 1. The molecule has 1 aromatic carbocycles. The Labute approximate surface area is 197 Å². The largest absolute Gasteiger partial charge is 0.480 e. The third-order valence-electron chi connectivity index (χ3n) is 4.30. The molecule has 0 saturated heterocycles. The second kappa shape index (κ2) is 14.8. The molecule has 1 amide bonds. The Kier molecular flexibility index (Phi) is 12.2. The van der Waals surface area contributed by atoms with Crippen molar-refractivity contribution < 1.29 is 19.7 Å². The first-order valence-corrected chi connectivity index (χ1v) is 10.8. The van der Waals surface area contributed by atoms with E-state index < -0.39 is 28.5 Å². The van der Waals surface area contributed by atoms with Gasteiger partial charge in [0.2, 0.25) is 0 Å². The quantitative estimate of drug-likeness (QED) is 0.207. The molecule has 1 aromatic heterocycles. The molecule has 1 unspecified atom stereocenters. The molecule has 34 heavy (non-hydrogen) atoms. The van der Waals surface area contributed by atoms with Crippen LogP contribution in [0.3, 0.4) is 0 Å². The maximum Gasteiger partial charge on any atom is 0.326 e. The molecule has 0 aliphatic rings. The van der Waals surface area contributed by atoms with E-state index in [9.17, 15) is 29.6 Å². The van der Waals surface area contributed by atoms with Gasteiger partial charge in [-0.2, -0.15) is 0 Å². The second-order valence-electron chi connectivity index (χ2n) is 7.33. The molecule has 0 spiro atoms. The Morgan fingerprint density at radius 3 is 2.41 bits per heavy atom. The van der Waals surface area contributed by atoms with E-state index in [0.717, 1.165) is 5.56 Å². The topological polar surface area (TPSA) is 156 Å². The molecule has 184 valence electrons. The lowest BCUT2D eigenvalue weighted by atomic mass is 10.1. The van der Waals surface area contributed by atoms with Gasteiger partial charge in [0.1, 0.15) is 11.6 Å². The van der Waals surface area contributed by atoms with Crippen molar-refractivity contribution in [2.45, 2.75) is 45.7 Å². The Balaban J connectivity index is 0.00000182. The molecule has 1 heterocycles. The van der Waals surface area contributed by atoms with Crippen LogP contribution in [0.25, 0.3) is 0 Å². The SMILES string of the molecule is C=C(NCCCC(NC(=O)c1cccn(Cc2ccccc2)c1=O)C(=O)O)N[N+](=O)[O-].CCC. The van der Waals surface area contributed by atoms with E-state index >= 15 is 0 Å². The van der Waals surface area contributed by atoms with E-state index in [4.69, 9.17) is 0 Å². The minimum atomic E-state index is -1.25. The van der Waals surface area contributed by atoms with Gasteiger partial charge < -0.3 is 20.3 Å². The van der Waals surface area contributed by atoms with Crippen LogP contribution in [-0.4, -0.2) is 39.2 Å². The molecule has 0 aliphatic heterocycles. The smallest absolute Gasteiger partial charge is 0.326 e. The number of nitrogens with one attached hydrogen (secondary N) is 3. The number of carbonyl (C=O) groups is 2. The van der Waals surface area contributed by atoms with Crippen molar-refractivity contribution in [2.24, 2.45) is 0 Å². The third kappa shape index (κ3) is 9.98. The highest BCUT2D eigenvalue weighted by atomic mass is 16.7. The highest BCUT2D eigenvalue weighted by Gasteiger charge is 2.22. The van der Waals surface area contributed by atoms with Gasteiger partial charge in [-0.05, 0) is 30.5 Å². The number of hydrazine groups is 1. The zero-order valence-electron chi connectivity index (χ0n) is 19.3. The third-order valence-corrected chi connectivity index (χ3v) is 4.30. The van der Waals surface area contributed by atoms with Gasteiger partial charge in [-0.15, -0.1) is 0 Å². The molecule has 0 saturated carbocycles. The normalized spacial score (nSPS) is 10.8. The van der Waals surface area contributed by atoms with Crippen LogP contribution in [0.2, 0.25) is 0 Å². The van der Waals surface area contributed by atoms with Crippen LogP contribution < -0.4 is 21.6 Å². The molecule has 0 fully saturated rings. The molecule has 11 nitrogen and oxygen atoms in total. The van der Waals surface area contributed by atoms with E-state index in [-0.39, 0.29) is 37.3 Å². The number of pyridine rings is 1. The number of hydrogen-bond donors (Lipinski definition) is 4. The monoisotopic (exact) mass is 473 g/mol. The number of amides is 1. The number of nitrogens with zero attached hydrogens (tertiary/aromatic N) is 2. The van der Waals surface area contributed by atoms with Crippen molar-refractivity contribution in [1.29, 1.82) is 0 Å². The van der Waals surface area contributed by atoms with Crippen LogP contribution in [0.5, 0.6) is 0 Å². The fourth-order valence-electron chi connectivity index (χ4n) is 2.80. The Morgan fingerprint density at radius 2 is 1.82 bits per heavy atom. The molecule has 2 aromatic rings. The van der Waals surface area contributed by atoms with Gasteiger partial charge in [-0.25, -0.2) is 14.9 Å². The lowest BCUT2D eigenvalue weighted by Crippen LogP contribution is -2.43. The first-order chi connectivity index (χ1) is 16.2. The van der Waals surface area contributed by atoms with Gasteiger partial charge in [0.05, 0.1) is 6.54 Å². The second-order valence-corrected chi connectivity index (χ2v) is 7.33. The fraction of sp³-hybridized carbons (Fsp3) is 0.348. The number of carboxylic acid groups (broad SMARTS) is 1. The summed E-state index contributed by atoms with van der Waals surface area (Å²) in [5, 5.41) is 23.9. The van der Waals surface area contributed by atoms with Crippen LogP contribution in [-0.2, 0) is 11.3 Å². The van der Waals surface area contributed by atoms with Crippen LogP contribution >= 0.6 is 0 Å². The fourth-order valence-corrected chi connectivity index (χ4v) is 2.80. The highest BCUT2D eigenvalue weighted by Crippen LogP contribution is 2.03. The van der Waals surface area contributed by atoms with Gasteiger partial charge in [0, 0.05) is 12.7 Å². The lowest BCUT2D eigenvalue weighted by Gasteiger charge is -2.15. The maximum absolute atomic E-state index is 12.7. The zero-order chi connectivity index (χ0) is 25.5. The average molecular weight is 474 g/mol. The summed E-state index contributed by atoms with van der Waals surface area (Å²) in [6.45, 7) is 8.12. The number of benzene rings is 1. The summed E-state index contributed by atoms with van der Waals surface area (Å²) in [7, 11) is 0. The number of rotatable bonds is 12. The minimum Gasteiger partial charge on any atom is -0.480 e. The first-order valence-electron chi connectivity index (χ1n) is 10.8. The van der Waals surface area contributed by atoms with E-state index in [2.05, 4.69) is 31.1 Å². The number of nitro groups is 1. The zero-order valence-corrected chi connectivity index (χ0v) is 19.3. The van der Waals surface area contributed by atoms with Crippen LogP contribution in [0, 0.1) is 10.1 Å². The van der Waals surface area contributed by atoms with E-state index in [1.807, 2.05) is 35.8 Å². The summed E-state index contributed by atoms with van der Waals surface area (Å²) in [5.74, 6) is -2.08. The number of carboxylic acids is 1. The molecule has 2 rings (SSSR count). The van der Waals surface area contributed by atoms with Crippen molar-refractivity contribution in [3.63, 3.8) is 0 Å². The summed E-state index contributed by atoms with van der Waals surface area (Å²) in [5.41, 5.74) is 2.02. The number of aliphatic carboxylic acids is 1. The lowest BCUT2D eigenvalue weighted by molar-refractivity contribution is -0.536. The summed E-state index contributed by atoms with van der Waals surface area (Å²) >= 11 is 0. The van der Waals surface area contributed by atoms with Crippen molar-refractivity contribution in [2.75, 3.05) is 6.54 Å².